The van der Waals surface area contributed by atoms with Crippen LogP contribution in [0.25, 0.3) is 0 Å². The Labute approximate surface area is 134 Å². The second-order valence-corrected chi connectivity index (χ2v) is 7.96. The number of nitrogens with zero attached hydrogens (tertiary/aromatic N) is 1. The minimum atomic E-state index is -3.27. The van der Waals surface area contributed by atoms with Gasteiger partial charge in [-0.15, -0.1) is 0 Å². The van der Waals surface area contributed by atoms with Crippen LogP contribution in [0, 0.1) is 0 Å². The van der Waals surface area contributed by atoms with Crippen molar-refractivity contribution >= 4 is 23.5 Å². The lowest BCUT2D eigenvalue weighted by atomic mass is 9.91. The lowest BCUT2D eigenvalue weighted by molar-refractivity contribution is 0.192. The molecule has 1 rings (SSSR count). The molecule has 0 N–H and O–H groups in total. The van der Waals surface area contributed by atoms with Crippen molar-refractivity contribution in [2.75, 3.05) is 19.6 Å². The Morgan fingerprint density at radius 1 is 1.24 bits per heavy atom. The number of halogens is 1. The van der Waals surface area contributed by atoms with E-state index in [4.69, 9.17) is 18.3 Å². The van der Waals surface area contributed by atoms with Gasteiger partial charge in [0.2, 0.25) is 0 Å². The van der Waals surface area contributed by atoms with Crippen molar-refractivity contribution in [3.8, 4) is 5.88 Å². The number of ether oxygens (including phenoxy) is 1. The molecule has 0 aliphatic carbocycles. The van der Waals surface area contributed by atoms with Gasteiger partial charge >= 0.3 is 7.60 Å². The van der Waals surface area contributed by atoms with Crippen LogP contribution in [0.1, 0.15) is 45.9 Å². The third kappa shape index (κ3) is 5.09. The third-order valence-electron chi connectivity index (χ3n) is 2.58. The van der Waals surface area contributed by atoms with Crippen molar-refractivity contribution in [3.63, 3.8) is 0 Å². The third-order valence-corrected chi connectivity index (χ3v) is 4.89. The molecule has 6 nitrogen and oxygen atoms in total. The van der Waals surface area contributed by atoms with Crippen molar-refractivity contribution in [1.82, 2.24) is 5.16 Å². The minimum Gasteiger partial charge on any atom is -0.462 e. The van der Waals surface area contributed by atoms with Crippen LogP contribution in [-0.4, -0.2) is 24.7 Å². The summed E-state index contributed by atoms with van der Waals surface area (Å²) in [5, 5.41) is 4.45. The fourth-order valence-corrected chi connectivity index (χ4v) is 3.55. The van der Waals surface area contributed by atoms with Crippen LogP contribution in [0.5, 0.6) is 5.88 Å². The quantitative estimate of drug-likeness (QED) is 0.487. The Hall–Kier alpha value is -0.360. The monoisotopic (exact) mass is 383 g/mol. The van der Waals surface area contributed by atoms with Crippen LogP contribution in [-0.2, 0) is 24.4 Å². The first-order valence-corrected chi connectivity index (χ1v) is 9.68. The SMILES string of the molecule is CCOP(=O)(COc1noc(C(C)(C)C)c1CBr)OCC. The van der Waals surface area contributed by atoms with Gasteiger partial charge in [-0.05, 0) is 19.0 Å². The second kappa shape index (κ2) is 7.77. The molecule has 122 valence electrons. The molecule has 0 radical (unpaired) electrons. The van der Waals surface area contributed by atoms with Crippen molar-refractivity contribution in [1.29, 1.82) is 0 Å². The molecule has 0 saturated carbocycles. The number of hydrogen-bond donors (Lipinski definition) is 0. The van der Waals surface area contributed by atoms with Crippen LogP contribution in [0.2, 0.25) is 0 Å². The van der Waals surface area contributed by atoms with Gasteiger partial charge in [0.1, 0.15) is 5.76 Å². The van der Waals surface area contributed by atoms with Crippen molar-refractivity contribution in [2.45, 2.75) is 45.4 Å². The molecule has 0 bridgehead atoms. The summed E-state index contributed by atoms with van der Waals surface area (Å²) in [4.78, 5) is 0. The molecule has 0 aromatic carbocycles. The molecule has 0 amide bonds. The van der Waals surface area contributed by atoms with E-state index in [2.05, 4.69) is 21.1 Å². The van der Waals surface area contributed by atoms with Crippen molar-refractivity contribution < 1.29 is 22.9 Å². The molecule has 1 aromatic heterocycles. The predicted molar refractivity (Wildman–Crippen MR) is 84.2 cm³/mol. The van der Waals surface area contributed by atoms with Gasteiger partial charge in [0, 0.05) is 10.7 Å². The lowest BCUT2D eigenvalue weighted by Gasteiger charge is -2.17. The van der Waals surface area contributed by atoms with E-state index in [0.717, 1.165) is 11.3 Å². The highest BCUT2D eigenvalue weighted by Gasteiger charge is 2.30. The summed E-state index contributed by atoms with van der Waals surface area (Å²) in [5.74, 6) is 1.05. The lowest BCUT2D eigenvalue weighted by Crippen LogP contribution is -2.12. The zero-order chi connectivity index (χ0) is 16.1. The normalized spacial score (nSPS) is 12.7. The fraction of sp³-hybridized carbons (Fsp3) is 0.769. The highest BCUT2D eigenvalue weighted by molar-refractivity contribution is 9.08. The second-order valence-electron chi connectivity index (χ2n) is 5.40. The summed E-state index contributed by atoms with van der Waals surface area (Å²) in [6.45, 7) is 10.2. The Bertz CT molecular complexity index is 487. The molecule has 0 unspecified atom stereocenters. The zero-order valence-electron chi connectivity index (χ0n) is 13.1. The van der Waals surface area contributed by atoms with E-state index in [-0.39, 0.29) is 25.0 Å². The average Bonchev–Trinajstić information content (AvgIpc) is 2.80. The molecule has 0 atom stereocenters. The maximum Gasteiger partial charge on any atom is 0.367 e. The Balaban J connectivity index is 2.89. The summed E-state index contributed by atoms with van der Waals surface area (Å²) in [6, 6.07) is 0. The van der Waals surface area contributed by atoms with Gasteiger partial charge in [0.15, 0.2) is 6.35 Å². The van der Waals surface area contributed by atoms with Crippen LogP contribution in [0.3, 0.4) is 0 Å². The molecule has 0 spiro atoms. The molecule has 0 aliphatic heterocycles. The van der Waals surface area contributed by atoms with E-state index in [1.165, 1.54) is 0 Å². The van der Waals surface area contributed by atoms with Crippen LogP contribution < -0.4 is 4.74 Å². The summed E-state index contributed by atoms with van der Waals surface area (Å²) >= 11 is 3.40. The standard InChI is InChI=1S/C13H23BrNO5P/c1-6-18-21(16,19-7-2)9-17-12-10(8-14)11(20-15-12)13(3,4)5/h6-9H2,1-5H3. The van der Waals surface area contributed by atoms with Crippen LogP contribution in [0.15, 0.2) is 4.52 Å². The first-order chi connectivity index (χ1) is 9.77. The fourth-order valence-electron chi connectivity index (χ4n) is 1.76. The van der Waals surface area contributed by atoms with Gasteiger partial charge in [-0.2, -0.15) is 0 Å². The number of aromatic nitrogens is 1. The van der Waals surface area contributed by atoms with Gasteiger partial charge < -0.3 is 18.3 Å². The minimum absolute atomic E-state index is 0.190. The maximum atomic E-state index is 12.4. The molecular weight excluding hydrogens is 361 g/mol. The smallest absolute Gasteiger partial charge is 0.367 e. The van der Waals surface area contributed by atoms with Crippen molar-refractivity contribution in [2.24, 2.45) is 0 Å². The van der Waals surface area contributed by atoms with E-state index in [1.807, 2.05) is 20.8 Å². The molecular formula is C13H23BrNO5P. The largest absolute Gasteiger partial charge is 0.462 e. The molecule has 0 fully saturated rings. The van der Waals surface area contributed by atoms with Gasteiger partial charge in [-0.3, -0.25) is 4.57 Å². The van der Waals surface area contributed by atoms with Gasteiger partial charge in [-0.1, -0.05) is 36.7 Å². The topological polar surface area (TPSA) is 70.8 Å². The molecule has 1 heterocycles. The van der Waals surface area contributed by atoms with Gasteiger partial charge in [-0.25, -0.2) is 0 Å². The van der Waals surface area contributed by atoms with E-state index in [9.17, 15) is 4.57 Å². The Morgan fingerprint density at radius 3 is 2.24 bits per heavy atom. The number of rotatable bonds is 8. The summed E-state index contributed by atoms with van der Waals surface area (Å²) in [6.07, 6.45) is -0.190. The molecule has 1 aromatic rings. The van der Waals surface area contributed by atoms with E-state index in [1.54, 1.807) is 13.8 Å². The highest BCUT2D eigenvalue weighted by atomic mass is 79.9. The molecule has 0 aliphatic rings. The molecule has 8 heteroatoms. The van der Waals surface area contributed by atoms with E-state index < -0.39 is 7.60 Å². The van der Waals surface area contributed by atoms with Crippen molar-refractivity contribution in [3.05, 3.63) is 11.3 Å². The predicted octanol–water partition coefficient (Wildman–Crippen LogP) is 4.47. The van der Waals surface area contributed by atoms with E-state index >= 15 is 0 Å². The maximum absolute atomic E-state index is 12.4. The van der Waals surface area contributed by atoms with Gasteiger partial charge in [0.05, 0.1) is 18.8 Å². The highest BCUT2D eigenvalue weighted by Crippen LogP contribution is 2.48. The Morgan fingerprint density at radius 2 is 1.81 bits per heavy atom. The van der Waals surface area contributed by atoms with Crippen LogP contribution >= 0.6 is 23.5 Å². The molecule has 21 heavy (non-hydrogen) atoms. The summed E-state index contributed by atoms with van der Waals surface area (Å²) in [7, 11) is -3.27. The Kier molecular flexibility index (Phi) is 6.91. The number of hydrogen-bond acceptors (Lipinski definition) is 6. The zero-order valence-corrected chi connectivity index (χ0v) is 15.6. The summed E-state index contributed by atoms with van der Waals surface area (Å²) in [5.41, 5.74) is 0.614. The summed E-state index contributed by atoms with van der Waals surface area (Å²) < 4.78 is 33.6. The van der Waals surface area contributed by atoms with E-state index in [0.29, 0.717) is 11.2 Å². The van der Waals surface area contributed by atoms with Crippen LogP contribution in [0.4, 0.5) is 0 Å². The first-order valence-electron chi connectivity index (χ1n) is 6.83. The first kappa shape index (κ1) is 18.7. The van der Waals surface area contributed by atoms with Gasteiger partial charge in [0.25, 0.3) is 5.88 Å². The number of alkyl halides is 1. The average molecular weight is 384 g/mol. The molecule has 0 saturated heterocycles.